The highest BCUT2D eigenvalue weighted by molar-refractivity contribution is 5.26. The van der Waals surface area contributed by atoms with Crippen molar-refractivity contribution < 1.29 is 19.7 Å². The fraction of sp³-hybridized carbons (Fsp3) is 0.467. The molecule has 1 aromatic rings. The molecule has 106 valence electrons. The molecule has 4 heteroatoms. The van der Waals surface area contributed by atoms with Crippen LogP contribution >= 0.6 is 0 Å². The second-order valence-corrected chi connectivity index (χ2v) is 4.34. The van der Waals surface area contributed by atoms with Crippen molar-refractivity contribution in [2.75, 3.05) is 20.3 Å². The van der Waals surface area contributed by atoms with Crippen LogP contribution in [-0.4, -0.2) is 36.6 Å². The van der Waals surface area contributed by atoms with Crippen molar-refractivity contribution in [3.63, 3.8) is 0 Å². The van der Waals surface area contributed by atoms with Gasteiger partial charge in [-0.15, -0.1) is 6.58 Å². The predicted molar refractivity (Wildman–Crippen MR) is 74.0 cm³/mol. The van der Waals surface area contributed by atoms with Gasteiger partial charge in [0.15, 0.2) is 0 Å². The molecule has 1 rings (SSSR count). The third-order valence-corrected chi connectivity index (χ3v) is 2.99. The summed E-state index contributed by atoms with van der Waals surface area (Å²) in [5.74, 6) is 0.528. The van der Waals surface area contributed by atoms with Crippen molar-refractivity contribution in [1.29, 1.82) is 0 Å². The molecule has 0 radical (unpaired) electrons. The van der Waals surface area contributed by atoms with Crippen molar-refractivity contribution in [1.82, 2.24) is 0 Å². The summed E-state index contributed by atoms with van der Waals surface area (Å²) in [5.41, 5.74) is 1.05. The largest absolute Gasteiger partial charge is 0.497 e. The lowest BCUT2D eigenvalue weighted by molar-refractivity contribution is 0.0411. The van der Waals surface area contributed by atoms with Crippen LogP contribution in [0.4, 0.5) is 0 Å². The van der Waals surface area contributed by atoms with Gasteiger partial charge in [0.25, 0.3) is 0 Å². The molecule has 0 saturated heterocycles. The summed E-state index contributed by atoms with van der Waals surface area (Å²) in [4.78, 5) is 0. The summed E-state index contributed by atoms with van der Waals surface area (Å²) >= 11 is 0. The Balaban J connectivity index is 2.24. The molecular formula is C15H22O4. The zero-order valence-electron chi connectivity index (χ0n) is 11.3. The van der Waals surface area contributed by atoms with Gasteiger partial charge in [-0.3, -0.25) is 0 Å². The van der Waals surface area contributed by atoms with Crippen LogP contribution < -0.4 is 4.74 Å². The molecule has 4 nitrogen and oxygen atoms in total. The van der Waals surface area contributed by atoms with E-state index in [4.69, 9.17) is 14.6 Å². The summed E-state index contributed by atoms with van der Waals surface area (Å²) in [5, 5.41) is 18.7. The average Bonchev–Trinajstić information content (AvgIpc) is 2.45. The summed E-state index contributed by atoms with van der Waals surface area (Å²) in [6, 6.07) is 7.64. The molecule has 0 spiro atoms. The highest BCUT2D eigenvalue weighted by Crippen LogP contribution is 2.13. The lowest BCUT2D eigenvalue weighted by Crippen LogP contribution is -2.23. The van der Waals surface area contributed by atoms with Crippen LogP contribution in [0.15, 0.2) is 36.9 Å². The van der Waals surface area contributed by atoms with Crippen molar-refractivity contribution in [3.8, 4) is 5.75 Å². The molecule has 0 aliphatic heterocycles. The van der Waals surface area contributed by atoms with Gasteiger partial charge in [0.05, 0.1) is 26.4 Å². The van der Waals surface area contributed by atoms with Gasteiger partial charge in [0.1, 0.15) is 5.75 Å². The van der Waals surface area contributed by atoms with E-state index in [1.807, 2.05) is 24.3 Å². The molecule has 0 amide bonds. The van der Waals surface area contributed by atoms with Crippen LogP contribution in [0.3, 0.4) is 0 Å². The Morgan fingerprint density at radius 1 is 1.32 bits per heavy atom. The number of methoxy groups -OCH3 is 1. The van der Waals surface area contributed by atoms with E-state index in [2.05, 4.69) is 6.58 Å². The van der Waals surface area contributed by atoms with Gasteiger partial charge >= 0.3 is 0 Å². The molecule has 0 heterocycles. The van der Waals surface area contributed by atoms with Gasteiger partial charge < -0.3 is 19.7 Å². The fourth-order valence-electron chi connectivity index (χ4n) is 1.68. The molecule has 1 aromatic carbocycles. The van der Waals surface area contributed by atoms with Gasteiger partial charge in [0, 0.05) is 12.5 Å². The Hall–Kier alpha value is -1.36. The van der Waals surface area contributed by atoms with E-state index in [9.17, 15) is 5.11 Å². The van der Waals surface area contributed by atoms with Crippen LogP contribution in [0, 0.1) is 5.92 Å². The number of aliphatic hydroxyl groups is 2. The minimum atomic E-state index is -0.613. The van der Waals surface area contributed by atoms with Crippen molar-refractivity contribution >= 4 is 0 Å². The second kappa shape index (κ2) is 8.69. The first-order valence-corrected chi connectivity index (χ1v) is 6.33. The minimum absolute atomic E-state index is 0.0941. The molecule has 0 saturated carbocycles. The average molecular weight is 266 g/mol. The SMILES string of the molecule is C=C[C@H](CO)[C@@H](O)CCOCc1ccc(OC)cc1. The zero-order chi connectivity index (χ0) is 14.1. The van der Waals surface area contributed by atoms with Crippen molar-refractivity contribution in [2.24, 2.45) is 5.92 Å². The van der Waals surface area contributed by atoms with Gasteiger partial charge in [-0.05, 0) is 24.1 Å². The van der Waals surface area contributed by atoms with Gasteiger partial charge in [-0.1, -0.05) is 18.2 Å². The van der Waals surface area contributed by atoms with Crippen LogP contribution in [0.1, 0.15) is 12.0 Å². The van der Waals surface area contributed by atoms with E-state index < -0.39 is 6.10 Å². The Bertz CT molecular complexity index is 361. The maximum atomic E-state index is 9.75. The second-order valence-electron chi connectivity index (χ2n) is 4.34. The first-order chi connectivity index (χ1) is 9.21. The van der Waals surface area contributed by atoms with Crippen LogP contribution in [0.5, 0.6) is 5.75 Å². The third kappa shape index (κ3) is 5.42. The van der Waals surface area contributed by atoms with Crippen molar-refractivity contribution in [2.45, 2.75) is 19.1 Å². The molecule has 0 aromatic heterocycles. The molecule has 0 fully saturated rings. The topological polar surface area (TPSA) is 58.9 Å². The van der Waals surface area contributed by atoms with E-state index in [0.29, 0.717) is 19.6 Å². The molecule has 2 atom stereocenters. The first-order valence-electron chi connectivity index (χ1n) is 6.33. The normalized spacial score (nSPS) is 13.8. The molecule has 0 bridgehead atoms. The highest BCUT2D eigenvalue weighted by Gasteiger charge is 2.14. The number of aliphatic hydroxyl groups excluding tert-OH is 2. The molecule has 2 N–H and O–H groups in total. The molecule has 19 heavy (non-hydrogen) atoms. The number of ether oxygens (including phenoxy) is 2. The Kier molecular flexibility index (Phi) is 7.18. The van der Waals surface area contributed by atoms with Gasteiger partial charge in [-0.25, -0.2) is 0 Å². The maximum absolute atomic E-state index is 9.75. The Morgan fingerprint density at radius 2 is 2.00 bits per heavy atom. The molecule has 0 aliphatic carbocycles. The van der Waals surface area contributed by atoms with Crippen molar-refractivity contribution in [3.05, 3.63) is 42.5 Å². The van der Waals surface area contributed by atoms with Crippen LogP contribution in [-0.2, 0) is 11.3 Å². The highest BCUT2D eigenvalue weighted by atomic mass is 16.5. The summed E-state index contributed by atoms with van der Waals surface area (Å²) in [6.45, 7) is 4.41. The summed E-state index contributed by atoms with van der Waals surface area (Å²) in [7, 11) is 1.63. The zero-order valence-corrected chi connectivity index (χ0v) is 11.3. The van der Waals surface area contributed by atoms with E-state index in [0.717, 1.165) is 11.3 Å². The Morgan fingerprint density at radius 3 is 2.53 bits per heavy atom. The predicted octanol–water partition coefficient (Wildman–Crippen LogP) is 1.76. The third-order valence-electron chi connectivity index (χ3n) is 2.99. The van der Waals surface area contributed by atoms with Crippen LogP contribution in [0.25, 0.3) is 0 Å². The lowest BCUT2D eigenvalue weighted by Gasteiger charge is -2.17. The number of benzene rings is 1. The quantitative estimate of drug-likeness (QED) is 0.528. The van der Waals surface area contributed by atoms with E-state index in [1.165, 1.54) is 0 Å². The molecule has 0 unspecified atom stereocenters. The first kappa shape index (κ1) is 15.7. The lowest BCUT2D eigenvalue weighted by atomic mass is 10.0. The van der Waals surface area contributed by atoms with E-state index >= 15 is 0 Å². The fourth-order valence-corrected chi connectivity index (χ4v) is 1.68. The Labute approximate surface area is 114 Å². The summed E-state index contributed by atoms with van der Waals surface area (Å²) < 4.78 is 10.6. The van der Waals surface area contributed by atoms with Gasteiger partial charge in [0.2, 0.25) is 0 Å². The molecular weight excluding hydrogens is 244 g/mol. The number of hydrogen-bond donors (Lipinski definition) is 2. The van der Waals surface area contributed by atoms with Gasteiger partial charge in [-0.2, -0.15) is 0 Å². The van der Waals surface area contributed by atoms with E-state index in [-0.39, 0.29) is 12.5 Å². The number of hydrogen-bond acceptors (Lipinski definition) is 4. The van der Waals surface area contributed by atoms with Crippen LogP contribution in [0.2, 0.25) is 0 Å². The maximum Gasteiger partial charge on any atom is 0.118 e. The standard InChI is InChI=1S/C15H22O4/c1-3-13(10-16)15(17)8-9-19-11-12-4-6-14(18-2)7-5-12/h3-7,13,15-17H,1,8-11H2,2H3/t13-,15+/m1/s1. The minimum Gasteiger partial charge on any atom is -0.497 e. The summed E-state index contributed by atoms with van der Waals surface area (Å²) in [6.07, 6.45) is 1.43. The molecule has 0 aliphatic rings. The van der Waals surface area contributed by atoms with E-state index in [1.54, 1.807) is 13.2 Å². The number of rotatable bonds is 9. The monoisotopic (exact) mass is 266 g/mol. The smallest absolute Gasteiger partial charge is 0.118 e.